The second-order valence-corrected chi connectivity index (χ2v) is 6.63. The van der Waals surface area contributed by atoms with Crippen LogP contribution in [-0.2, 0) is 0 Å². The largest absolute Gasteiger partial charge is 0.300 e. The molecule has 2 nitrogen and oxygen atoms in total. The SMILES string of the molecule is CC(C)CN(CCC(=O)c1ccccc1Br)C1CC1. The van der Waals surface area contributed by atoms with Crippen LogP contribution in [0.3, 0.4) is 0 Å². The summed E-state index contributed by atoms with van der Waals surface area (Å²) in [5, 5.41) is 0. The van der Waals surface area contributed by atoms with Crippen molar-refractivity contribution in [2.24, 2.45) is 5.92 Å². The van der Waals surface area contributed by atoms with Gasteiger partial charge in [-0.2, -0.15) is 0 Å². The summed E-state index contributed by atoms with van der Waals surface area (Å²) in [7, 11) is 0. The monoisotopic (exact) mass is 323 g/mol. The van der Waals surface area contributed by atoms with E-state index in [1.807, 2.05) is 24.3 Å². The van der Waals surface area contributed by atoms with Crippen molar-refractivity contribution in [3.05, 3.63) is 34.3 Å². The molecule has 1 aliphatic carbocycles. The van der Waals surface area contributed by atoms with Gasteiger partial charge in [-0.15, -0.1) is 0 Å². The first-order valence-corrected chi connectivity index (χ1v) is 7.89. The summed E-state index contributed by atoms with van der Waals surface area (Å²) in [5.74, 6) is 0.904. The summed E-state index contributed by atoms with van der Waals surface area (Å²) < 4.78 is 0.904. The van der Waals surface area contributed by atoms with E-state index in [1.165, 1.54) is 12.8 Å². The van der Waals surface area contributed by atoms with Gasteiger partial charge in [-0.25, -0.2) is 0 Å². The average molecular weight is 324 g/mol. The molecular weight excluding hydrogens is 302 g/mol. The van der Waals surface area contributed by atoms with Gasteiger partial charge in [-0.05, 0) is 24.8 Å². The molecule has 0 bridgehead atoms. The van der Waals surface area contributed by atoms with E-state index >= 15 is 0 Å². The third kappa shape index (κ3) is 4.43. The summed E-state index contributed by atoms with van der Waals surface area (Å²) in [4.78, 5) is 14.7. The highest BCUT2D eigenvalue weighted by atomic mass is 79.9. The number of carbonyl (C=O) groups is 1. The summed E-state index contributed by atoms with van der Waals surface area (Å²) >= 11 is 3.45. The molecule has 0 heterocycles. The van der Waals surface area contributed by atoms with E-state index in [4.69, 9.17) is 0 Å². The Balaban J connectivity index is 1.90. The van der Waals surface area contributed by atoms with Crippen LogP contribution in [0.5, 0.6) is 0 Å². The molecule has 1 aliphatic rings. The van der Waals surface area contributed by atoms with Crippen LogP contribution < -0.4 is 0 Å². The van der Waals surface area contributed by atoms with Crippen LogP contribution in [0.25, 0.3) is 0 Å². The van der Waals surface area contributed by atoms with Crippen molar-refractivity contribution in [3.8, 4) is 0 Å². The lowest BCUT2D eigenvalue weighted by Crippen LogP contribution is -2.32. The zero-order valence-electron chi connectivity index (χ0n) is 11.7. The first-order chi connectivity index (χ1) is 9.08. The molecule has 0 radical (unpaired) electrons. The van der Waals surface area contributed by atoms with Gasteiger partial charge < -0.3 is 0 Å². The summed E-state index contributed by atoms with van der Waals surface area (Å²) in [6.07, 6.45) is 3.22. The minimum atomic E-state index is 0.238. The summed E-state index contributed by atoms with van der Waals surface area (Å²) in [6, 6.07) is 8.42. The molecule has 1 saturated carbocycles. The topological polar surface area (TPSA) is 20.3 Å². The summed E-state index contributed by atoms with van der Waals surface area (Å²) in [5.41, 5.74) is 0.808. The van der Waals surface area contributed by atoms with Crippen molar-refractivity contribution in [3.63, 3.8) is 0 Å². The highest BCUT2D eigenvalue weighted by Crippen LogP contribution is 2.28. The molecule has 3 heteroatoms. The smallest absolute Gasteiger partial charge is 0.165 e. The second kappa shape index (κ2) is 6.67. The van der Waals surface area contributed by atoms with Gasteiger partial charge in [0.1, 0.15) is 0 Å². The molecule has 0 aliphatic heterocycles. The van der Waals surface area contributed by atoms with Crippen LogP contribution >= 0.6 is 15.9 Å². The van der Waals surface area contributed by atoms with Crippen LogP contribution in [0.1, 0.15) is 43.5 Å². The van der Waals surface area contributed by atoms with Crippen molar-refractivity contribution in [2.45, 2.75) is 39.2 Å². The number of ketones is 1. The van der Waals surface area contributed by atoms with Crippen LogP contribution in [0.15, 0.2) is 28.7 Å². The molecule has 19 heavy (non-hydrogen) atoms. The predicted molar refractivity (Wildman–Crippen MR) is 82.5 cm³/mol. The van der Waals surface area contributed by atoms with Gasteiger partial charge in [0.05, 0.1) is 0 Å². The van der Waals surface area contributed by atoms with E-state index in [9.17, 15) is 4.79 Å². The number of nitrogens with zero attached hydrogens (tertiary/aromatic N) is 1. The van der Waals surface area contributed by atoms with Crippen LogP contribution in [0, 0.1) is 5.92 Å². The Morgan fingerprint density at radius 3 is 2.63 bits per heavy atom. The van der Waals surface area contributed by atoms with Gasteiger partial charge in [0, 0.05) is 35.6 Å². The van der Waals surface area contributed by atoms with E-state index in [1.54, 1.807) is 0 Å². The van der Waals surface area contributed by atoms with Gasteiger partial charge in [-0.3, -0.25) is 9.69 Å². The number of benzene rings is 1. The molecule has 0 atom stereocenters. The van der Waals surface area contributed by atoms with E-state index in [0.717, 1.165) is 29.2 Å². The highest BCUT2D eigenvalue weighted by molar-refractivity contribution is 9.10. The number of halogens is 1. The van der Waals surface area contributed by atoms with E-state index in [-0.39, 0.29) is 5.78 Å². The third-order valence-electron chi connectivity index (χ3n) is 3.46. The lowest BCUT2D eigenvalue weighted by atomic mass is 10.1. The Labute approximate surface area is 124 Å². The quantitative estimate of drug-likeness (QED) is 0.703. The molecule has 0 N–H and O–H groups in total. The first-order valence-electron chi connectivity index (χ1n) is 7.09. The van der Waals surface area contributed by atoms with Crippen molar-refractivity contribution in [2.75, 3.05) is 13.1 Å². The van der Waals surface area contributed by atoms with Crippen LogP contribution in [-0.4, -0.2) is 29.8 Å². The lowest BCUT2D eigenvalue weighted by molar-refractivity contribution is 0.0958. The van der Waals surface area contributed by atoms with E-state index < -0.39 is 0 Å². The maximum Gasteiger partial charge on any atom is 0.165 e. The number of carbonyl (C=O) groups excluding carboxylic acids is 1. The fraction of sp³-hybridized carbons (Fsp3) is 0.562. The number of rotatable bonds is 7. The molecule has 1 fully saturated rings. The van der Waals surface area contributed by atoms with Crippen LogP contribution in [0.4, 0.5) is 0 Å². The average Bonchev–Trinajstić information content (AvgIpc) is 3.18. The first kappa shape index (κ1) is 14.7. The molecule has 104 valence electrons. The zero-order valence-corrected chi connectivity index (χ0v) is 13.3. The standard InChI is InChI=1S/C16H22BrNO/c1-12(2)11-18(13-7-8-13)10-9-16(19)14-5-3-4-6-15(14)17/h3-6,12-13H,7-11H2,1-2H3. The Hall–Kier alpha value is -0.670. The highest BCUT2D eigenvalue weighted by Gasteiger charge is 2.29. The minimum absolute atomic E-state index is 0.238. The van der Waals surface area contributed by atoms with E-state index in [0.29, 0.717) is 12.3 Å². The fourth-order valence-electron chi connectivity index (χ4n) is 2.40. The normalized spacial score (nSPS) is 15.2. The molecule has 0 saturated heterocycles. The van der Waals surface area contributed by atoms with Gasteiger partial charge in [-0.1, -0.05) is 48.0 Å². The lowest BCUT2D eigenvalue weighted by Gasteiger charge is -2.23. The molecule has 2 rings (SSSR count). The Morgan fingerprint density at radius 1 is 1.37 bits per heavy atom. The molecule has 0 amide bonds. The van der Waals surface area contributed by atoms with Crippen molar-refractivity contribution >= 4 is 21.7 Å². The van der Waals surface area contributed by atoms with E-state index in [2.05, 4.69) is 34.7 Å². The predicted octanol–water partition coefficient (Wildman–Crippen LogP) is 4.14. The molecule has 0 aromatic heterocycles. The molecule has 1 aromatic carbocycles. The second-order valence-electron chi connectivity index (χ2n) is 5.77. The molecular formula is C16H22BrNO. The van der Waals surface area contributed by atoms with Crippen molar-refractivity contribution in [1.82, 2.24) is 4.90 Å². The number of Topliss-reactive ketones (excluding diaryl/α,β-unsaturated/α-hetero) is 1. The maximum absolute atomic E-state index is 12.2. The minimum Gasteiger partial charge on any atom is -0.300 e. The summed E-state index contributed by atoms with van der Waals surface area (Å²) in [6.45, 7) is 6.48. The van der Waals surface area contributed by atoms with Gasteiger partial charge in [0.25, 0.3) is 0 Å². The van der Waals surface area contributed by atoms with Gasteiger partial charge >= 0.3 is 0 Å². The fourth-order valence-corrected chi connectivity index (χ4v) is 2.90. The molecule has 1 aromatic rings. The van der Waals surface area contributed by atoms with Crippen molar-refractivity contribution in [1.29, 1.82) is 0 Å². The van der Waals surface area contributed by atoms with Gasteiger partial charge in [0.2, 0.25) is 0 Å². The molecule has 0 spiro atoms. The van der Waals surface area contributed by atoms with Gasteiger partial charge in [0.15, 0.2) is 5.78 Å². The third-order valence-corrected chi connectivity index (χ3v) is 4.15. The van der Waals surface area contributed by atoms with Crippen LogP contribution in [0.2, 0.25) is 0 Å². The Morgan fingerprint density at radius 2 is 2.05 bits per heavy atom. The molecule has 0 unspecified atom stereocenters. The zero-order chi connectivity index (χ0) is 13.8. The Bertz CT molecular complexity index is 440. The van der Waals surface area contributed by atoms with Crippen molar-refractivity contribution < 1.29 is 4.79 Å². The number of hydrogen-bond acceptors (Lipinski definition) is 2. The maximum atomic E-state index is 12.2. The number of hydrogen-bond donors (Lipinski definition) is 0. The Kier molecular flexibility index (Phi) is 5.17.